The highest BCUT2D eigenvalue weighted by molar-refractivity contribution is 5.98. The first kappa shape index (κ1) is 14.4. The predicted octanol–water partition coefficient (Wildman–Crippen LogP) is 2.80. The largest absolute Gasteiger partial charge is 0.361 e. The number of fused-ring (bicyclic) bond motifs is 1. The summed E-state index contributed by atoms with van der Waals surface area (Å²) in [7, 11) is 0. The van der Waals surface area contributed by atoms with Gasteiger partial charge in [0.15, 0.2) is 0 Å². The van der Waals surface area contributed by atoms with Crippen LogP contribution in [0, 0.1) is 13.8 Å². The van der Waals surface area contributed by atoms with Gasteiger partial charge < -0.3 is 10.3 Å². The van der Waals surface area contributed by atoms with Gasteiger partial charge in [-0.1, -0.05) is 6.07 Å². The van der Waals surface area contributed by atoms with Crippen molar-refractivity contribution >= 4 is 16.8 Å². The molecular weight excluding hydrogens is 276 g/mol. The fraction of sp³-hybridized carbons (Fsp3) is 0.294. The third kappa shape index (κ3) is 2.88. The van der Waals surface area contributed by atoms with Crippen LogP contribution in [0.15, 0.2) is 36.5 Å². The van der Waals surface area contributed by atoms with Crippen LogP contribution >= 0.6 is 0 Å². The van der Waals surface area contributed by atoms with Crippen LogP contribution < -0.4 is 5.32 Å². The van der Waals surface area contributed by atoms with Gasteiger partial charge in [-0.2, -0.15) is 5.10 Å². The summed E-state index contributed by atoms with van der Waals surface area (Å²) in [4.78, 5) is 15.5. The van der Waals surface area contributed by atoms with Crippen molar-refractivity contribution in [1.82, 2.24) is 20.1 Å². The summed E-state index contributed by atoms with van der Waals surface area (Å²) >= 11 is 0. The second kappa shape index (κ2) is 5.67. The van der Waals surface area contributed by atoms with Gasteiger partial charge in [0.25, 0.3) is 5.91 Å². The van der Waals surface area contributed by atoms with Crippen LogP contribution in [0.3, 0.4) is 0 Å². The van der Waals surface area contributed by atoms with Crippen LogP contribution in [0.25, 0.3) is 10.9 Å². The number of hydrogen-bond acceptors (Lipinski definition) is 2. The standard InChI is InChI=1S/C17H20N4O/c1-11-8-13(3)21(20-11)10-12(2)19-17(22)15-5-4-14-6-7-18-16(14)9-15/h4-9,12,18H,10H2,1-3H3,(H,19,22). The summed E-state index contributed by atoms with van der Waals surface area (Å²) in [6.45, 7) is 6.64. The van der Waals surface area contributed by atoms with Gasteiger partial charge in [-0.3, -0.25) is 9.48 Å². The van der Waals surface area contributed by atoms with Gasteiger partial charge in [-0.05, 0) is 50.4 Å². The zero-order chi connectivity index (χ0) is 15.7. The molecule has 0 radical (unpaired) electrons. The Labute approximate surface area is 129 Å². The molecule has 2 aromatic heterocycles. The Morgan fingerprint density at radius 2 is 2.14 bits per heavy atom. The van der Waals surface area contributed by atoms with E-state index in [0.717, 1.165) is 22.3 Å². The maximum absolute atomic E-state index is 12.3. The van der Waals surface area contributed by atoms with Gasteiger partial charge in [0.05, 0.1) is 12.2 Å². The zero-order valence-corrected chi connectivity index (χ0v) is 13.1. The molecule has 5 nitrogen and oxygen atoms in total. The number of nitrogens with zero attached hydrogens (tertiary/aromatic N) is 2. The summed E-state index contributed by atoms with van der Waals surface area (Å²) in [6.07, 6.45) is 1.87. The fourth-order valence-electron chi connectivity index (χ4n) is 2.66. The van der Waals surface area contributed by atoms with Gasteiger partial charge in [0, 0.05) is 29.0 Å². The molecule has 1 atom stereocenters. The van der Waals surface area contributed by atoms with E-state index in [2.05, 4.69) is 15.4 Å². The molecule has 0 spiro atoms. The van der Waals surface area contributed by atoms with E-state index >= 15 is 0 Å². The van der Waals surface area contributed by atoms with Crippen molar-refractivity contribution in [3.63, 3.8) is 0 Å². The molecule has 2 heterocycles. The lowest BCUT2D eigenvalue weighted by Gasteiger charge is -2.15. The Balaban J connectivity index is 1.68. The second-order valence-electron chi connectivity index (χ2n) is 5.76. The number of aromatic nitrogens is 3. The van der Waals surface area contributed by atoms with Crippen LogP contribution in [-0.4, -0.2) is 26.7 Å². The van der Waals surface area contributed by atoms with Gasteiger partial charge in [0.2, 0.25) is 0 Å². The average molecular weight is 296 g/mol. The molecule has 0 aliphatic carbocycles. The lowest BCUT2D eigenvalue weighted by Crippen LogP contribution is -2.36. The minimum Gasteiger partial charge on any atom is -0.361 e. The molecule has 0 saturated carbocycles. The molecule has 1 aromatic carbocycles. The summed E-state index contributed by atoms with van der Waals surface area (Å²) in [5, 5.41) is 8.55. The van der Waals surface area contributed by atoms with Crippen molar-refractivity contribution in [1.29, 1.82) is 0 Å². The normalized spacial score (nSPS) is 12.5. The molecule has 22 heavy (non-hydrogen) atoms. The number of H-pyrrole nitrogens is 1. The van der Waals surface area contributed by atoms with E-state index in [4.69, 9.17) is 0 Å². The molecule has 0 saturated heterocycles. The first-order valence-corrected chi connectivity index (χ1v) is 7.42. The molecule has 1 unspecified atom stereocenters. The van der Waals surface area contributed by atoms with Crippen LogP contribution in [0.4, 0.5) is 0 Å². The molecule has 3 rings (SSSR count). The maximum atomic E-state index is 12.3. The number of carbonyl (C=O) groups is 1. The molecule has 114 valence electrons. The monoisotopic (exact) mass is 296 g/mol. The van der Waals surface area contributed by atoms with Gasteiger partial charge in [-0.25, -0.2) is 0 Å². The van der Waals surface area contributed by atoms with E-state index < -0.39 is 0 Å². The highest BCUT2D eigenvalue weighted by Gasteiger charge is 2.12. The van der Waals surface area contributed by atoms with Crippen molar-refractivity contribution in [2.45, 2.75) is 33.4 Å². The van der Waals surface area contributed by atoms with Crippen molar-refractivity contribution in [2.24, 2.45) is 0 Å². The van der Waals surface area contributed by atoms with Gasteiger partial charge in [0.1, 0.15) is 0 Å². The van der Waals surface area contributed by atoms with Crippen molar-refractivity contribution in [2.75, 3.05) is 0 Å². The number of aryl methyl sites for hydroxylation is 2. The Morgan fingerprint density at radius 1 is 1.32 bits per heavy atom. The molecule has 0 aliphatic heterocycles. The quantitative estimate of drug-likeness (QED) is 0.777. The lowest BCUT2D eigenvalue weighted by atomic mass is 10.1. The number of rotatable bonds is 4. The van der Waals surface area contributed by atoms with E-state index in [-0.39, 0.29) is 11.9 Å². The van der Waals surface area contributed by atoms with Crippen LogP contribution in [0.5, 0.6) is 0 Å². The zero-order valence-electron chi connectivity index (χ0n) is 13.1. The Hall–Kier alpha value is -2.56. The molecule has 0 fully saturated rings. The Morgan fingerprint density at radius 3 is 2.86 bits per heavy atom. The smallest absolute Gasteiger partial charge is 0.251 e. The molecule has 0 bridgehead atoms. The van der Waals surface area contributed by atoms with E-state index in [9.17, 15) is 4.79 Å². The van der Waals surface area contributed by atoms with Crippen molar-refractivity contribution in [3.05, 3.63) is 53.5 Å². The number of hydrogen-bond donors (Lipinski definition) is 2. The SMILES string of the molecule is Cc1cc(C)n(CC(C)NC(=O)c2ccc3cc[nH]c3c2)n1. The highest BCUT2D eigenvalue weighted by atomic mass is 16.1. The number of nitrogens with one attached hydrogen (secondary N) is 2. The summed E-state index contributed by atoms with van der Waals surface area (Å²) in [6, 6.07) is 9.70. The molecule has 0 aliphatic rings. The summed E-state index contributed by atoms with van der Waals surface area (Å²) in [5.74, 6) is -0.0643. The highest BCUT2D eigenvalue weighted by Crippen LogP contribution is 2.14. The lowest BCUT2D eigenvalue weighted by molar-refractivity contribution is 0.0936. The molecule has 2 N–H and O–H groups in total. The predicted molar refractivity (Wildman–Crippen MR) is 86.9 cm³/mol. The van der Waals surface area contributed by atoms with Crippen molar-refractivity contribution < 1.29 is 4.79 Å². The third-order valence-electron chi connectivity index (χ3n) is 3.74. The molecular formula is C17H20N4O. The van der Waals surface area contributed by atoms with E-state index in [1.165, 1.54) is 0 Å². The van der Waals surface area contributed by atoms with Crippen LogP contribution in [0.2, 0.25) is 0 Å². The van der Waals surface area contributed by atoms with Crippen LogP contribution in [-0.2, 0) is 6.54 Å². The number of carbonyl (C=O) groups excluding carboxylic acids is 1. The minimum atomic E-state index is -0.0643. The summed E-state index contributed by atoms with van der Waals surface area (Å²) in [5.41, 5.74) is 3.73. The van der Waals surface area contributed by atoms with Gasteiger partial charge >= 0.3 is 0 Å². The Bertz CT molecular complexity index is 815. The van der Waals surface area contributed by atoms with E-state index in [1.54, 1.807) is 0 Å². The topological polar surface area (TPSA) is 62.7 Å². The molecule has 5 heteroatoms. The molecule has 3 aromatic rings. The second-order valence-corrected chi connectivity index (χ2v) is 5.76. The summed E-state index contributed by atoms with van der Waals surface area (Å²) < 4.78 is 1.93. The first-order chi connectivity index (χ1) is 10.5. The first-order valence-electron chi connectivity index (χ1n) is 7.42. The van der Waals surface area contributed by atoms with Gasteiger partial charge in [-0.15, -0.1) is 0 Å². The third-order valence-corrected chi connectivity index (χ3v) is 3.74. The number of benzene rings is 1. The minimum absolute atomic E-state index is 0.00448. The van der Waals surface area contributed by atoms with Crippen molar-refractivity contribution in [3.8, 4) is 0 Å². The van der Waals surface area contributed by atoms with E-state index in [1.807, 2.05) is 62.0 Å². The van der Waals surface area contributed by atoms with Crippen LogP contribution in [0.1, 0.15) is 28.7 Å². The number of amides is 1. The maximum Gasteiger partial charge on any atom is 0.251 e. The molecule has 1 amide bonds. The fourth-order valence-corrected chi connectivity index (χ4v) is 2.66. The number of aromatic amines is 1. The average Bonchev–Trinajstić information content (AvgIpc) is 3.04. The van der Waals surface area contributed by atoms with E-state index in [0.29, 0.717) is 12.1 Å². The Kier molecular flexibility index (Phi) is 3.71.